The maximum absolute atomic E-state index is 13.2. The van der Waals surface area contributed by atoms with Crippen LogP contribution in [-0.2, 0) is 0 Å². The molecule has 1 aromatic carbocycles. The largest absolute Gasteiger partial charge is 0.507 e. The van der Waals surface area contributed by atoms with E-state index in [0.717, 1.165) is 44.7 Å². The van der Waals surface area contributed by atoms with Crippen LogP contribution in [0.15, 0.2) is 18.2 Å². The highest BCUT2D eigenvalue weighted by Gasteiger charge is 2.28. The summed E-state index contributed by atoms with van der Waals surface area (Å²) in [5, 5.41) is 9.68. The normalized spacial score (nSPS) is 19.3. The summed E-state index contributed by atoms with van der Waals surface area (Å²) in [6, 6.07) is 3.97. The average molecular weight is 294 g/mol. The second-order valence-corrected chi connectivity index (χ2v) is 5.48. The third-order valence-corrected chi connectivity index (χ3v) is 4.20. The molecule has 1 atom stereocenters. The van der Waals surface area contributed by atoms with Gasteiger partial charge in [0.1, 0.15) is 11.6 Å². The van der Waals surface area contributed by atoms with Gasteiger partial charge < -0.3 is 5.11 Å². The predicted octanol–water partition coefficient (Wildman–Crippen LogP) is 2.13. The zero-order valence-corrected chi connectivity index (χ0v) is 12.7. The zero-order valence-electron chi connectivity index (χ0n) is 12.7. The third kappa shape index (κ3) is 3.80. The molecule has 1 fully saturated rings. The van der Waals surface area contributed by atoms with Crippen LogP contribution in [0.1, 0.15) is 30.6 Å². The van der Waals surface area contributed by atoms with Crippen LogP contribution in [0.3, 0.4) is 0 Å². The van der Waals surface area contributed by atoms with Crippen molar-refractivity contribution in [2.45, 2.75) is 26.3 Å². The lowest BCUT2D eigenvalue weighted by molar-refractivity contribution is 0.0936. The van der Waals surface area contributed by atoms with Crippen LogP contribution in [0.4, 0.5) is 4.39 Å². The van der Waals surface area contributed by atoms with Gasteiger partial charge in [-0.05, 0) is 37.7 Å². The van der Waals surface area contributed by atoms with E-state index in [1.807, 2.05) is 0 Å². The first kappa shape index (κ1) is 15.9. The summed E-state index contributed by atoms with van der Waals surface area (Å²) >= 11 is 0. The molecule has 1 aromatic rings. The summed E-state index contributed by atoms with van der Waals surface area (Å²) in [5.41, 5.74) is 0.0706. The van der Waals surface area contributed by atoms with E-state index in [-0.39, 0.29) is 23.6 Å². The molecule has 116 valence electrons. The average Bonchev–Trinajstić information content (AvgIpc) is 2.91. The number of aromatic hydroxyl groups is 1. The number of phenols is 1. The molecule has 2 rings (SSSR count). The summed E-state index contributed by atoms with van der Waals surface area (Å²) < 4.78 is 13.2. The molecular formula is C16H23FN2O2. The van der Waals surface area contributed by atoms with E-state index >= 15 is 0 Å². The first-order chi connectivity index (χ1) is 10.0. The molecular weight excluding hydrogens is 271 g/mol. The Bertz CT molecular complexity index is 503. The first-order valence-electron chi connectivity index (χ1n) is 7.53. The van der Waals surface area contributed by atoms with Crippen molar-refractivity contribution in [3.8, 4) is 5.75 Å². The number of Topliss-reactive ketones (excluding diaryl/α,β-unsaturated/α-hetero) is 1. The number of carbonyl (C=O) groups excluding carboxylic acids is 1. The Morgan fingerprint density at radius 3 is 2.81 bits per heavy atom. The summed E-state index contributed by atoms with van der Waals surface area (Å²) in [6.07, 6.45) is 1.05. The number of likely N-dealkylation sites (tertiary alicyclic amines) is 1. The minimum atomic E-state index is -0.501. The molecule has 0 aliphatic carbocycles. The molecule has 0 spiro atoms. The standard InChI is InChI=1S/C16H23FN2O2/c1-3-19(4-2)13-7-8-18(10-13)11-16(21)14-9-12(17)5-6-15(14)20/h5-6,9,13,20H,3-4,7-8,10-11H2,1-2H3. The highest BCUT2D eigenvalue weighted by molar-refractivity contribution is 6.00. The van der Waals surface area contributed by atoms with Gasteiger partial charge in [0, 0.05) is 19.1 Å². The highest BCUT2D eigenvalue weighted by Crippen LogP contribution is 2.21. The van der Waals surface area contributed by atoms with Gasteiger partial charge in [-0.2, -0.15) is 0 Å². The lowest BCUT2D eigenvalue weighted by atomic mass is 10.1. The summed E-state index contributed by atoms with van der Waals surface area (Å²) in [7, 11) is 0. The summed E-state index contributed by atoms with van der Waals surface area (Å²) in [4.78, 5) is 16.7. The van der Waals surface area contributed by atoms with Gasteiger partial charge in [0.25, 0.3) is 0 Å². The third-order valence-electron chi connectivity index (χ3n) is 4.20. The molecule has 0 bridgehead atoms. The van der Waals surface area contributed by atoms with Gasteiger partial charge in [0.15, 0.2) is 5.78 Å². The number of hydrogen-bond donors (Lipinski definition) is 1. The van der Waals surface area contributed by atoms with E-state index in [1.165, 1.54) is 6.07 Å². The van der Waals surface area contributed by atoms with E-state index in [2.05, 4.69) is 23.6 Å². The maximum Gasteiger partial charge on any atom is 0.180 e. The number of halogens is 1. The quantitative estimate of drug-likeness (QED) is 0.816. The fraction of sp³-hybridized carbons (Fsp3) is 0.562. The Labute approximate surface area is 125 Å². The van der Waals surface area contributed by atoms with Gasteiger partial charge in [0.2, 0.25) is 0 Å². The van der Waals surface area contributed by atoms with E-state index in [1.54, 1.807) is 0 Å². The Kier molecular flexibility index (Phi) is 5.31. The molecule has 1 aliphatic rings. The number of carbonyl (C=O) groups is 1. The van der Waals surface area contributed by atoms with E-state index in [4.69, 9.17) is 0 Å². The maximum atomic E-state index is 13.2. The smallest absolute Gasteiger partial charge is 0.180 e. The molecule has 4 nitrogen and oxygen atoms in total. The second-order valence-electron chi connectivity index (χ2n) is 5.48. The monoisotopic (exact) mass is 294 g/mol. The summed E-state index contributed by atoms with van der Waals surface area (Å²) in [6.45, 7) is 8.24. The minimum Gasteiger partial charge on any atom is -0.507 e. The highest BCUT2D eigenvalue weighted by atomic mass is 19.1. The molecule has 1 saturated heterocycles. The van der Waals surface area contributed by atoms with Gasteiger partial charge in [0.05, 0.1) is 12.1 Å². The van der Waals surface area contributed by atoms with Crippen LogP contribution in [0.25, 0.3) is 0 Å². The van der Waals surface area contributed by atoms with Crippen molar-refractivity contribution in [1.82, 2.24) is 9.80 Å². The fourth-order valence-electron chi connectivity index (χ4n) is 3.01. The van der Waals surface area contributed by atoms with Crippen LogP contribution < -0.4 is 0 Å². The number of rotatable bonds is 6. The molecule has 5 heteroatoms. The number of likely N-dealkylation sites (N-methyl/N-ethyl adjacent to an activating group) is 1. The molecule has 1 heterocycles. The Hall–Kier alpha value is -1.46. The van der Waals surface area contributed by atoms with Gasteiger partial charge in [-0.15, -0.1) is 0 Å². The molecule has 0 saturated carbocycles. The number of ketones is 1. The number of hydrogen-bond acceptors (Lipinski definition) is 4. The molecule has 1 N–H and O–H groups in total. The van der Waals surface area contributed by atoms with Gasteiger partial charge >= 0.3 is 0 Å². The lowest BCUT2D eigenvalue weighted by Gasteiger charge is -2.26. The Balaban J connectivity index is 1.97. The van der Waals surface area contributed by atoms with Crippen LogP contribution >= 0.6 is 0 Å². The van der Waals surface area contributed by atoms with Gasteiger partial charge in [-0.1, -0.05) is 13.8 Å². The van der Waals surface area contributed by atoms with Crippen LogP contribution in [-0.4, -0.2) is 59.5 Å². The molecule has 21 heavy (non-hydrogen) atoms. The molecule has 1 unspecified atom stereocenters. The molecule has 0 aromatic heterocycles. The summed E-state index contributed by atoms with van der Waals surface area (Å²) in [5.74, 6) is -0.883. The van der Waals surface area contributed by atoms with E-state index in [0.29, 0.717) is 6.04 Å². The topological polar surface area (TPSA) is 43.8 Å². The van der Waals surface area contributed by atoms with Gasteiger partial charge in [-0.25, -0.2) is 4.39 Å². The SMILES string of the molecule is CCN(CC)C1CCN(CC(=O)c2cc(F)ccc2O)C1. The molecule has 1 aliphatic heterocycles. The van der Waals surface area contributed by atoms with E-state index < -0.39 is 5.82 Å². The zero-order chi connectivity index (χ0) is 15.4. The molecule has 0 radical (unpaired) electrons. The van der Waals surface area contributed by atoms with Crippen molar-refractivity contribution in [1.29, 1.82) is 0 Å². The second kappa shape index (κ2) is 7.00. The minimum absolute atomic E-state index is 0.0706. The van der Waals surface area contributed by atoms with Crippen molar-refractivity contribution in [3.05, 3.63) is 29.6 Å². The van der Waals surface area contributed by atoms with Crippen LogP contribution in [0.2, 0.25) is 0 Å². The van der Waals surface area contributed by atoms with Crippen molar-refractivity contribution in [2.75, 3.05) is 32.7 Å². The molecule has 0 amide bonds. The van der Waals surface area contributed by atoms with Crippen molar-refractivity contribution in [2.24, 2.45) is 0 Å². The van der Waals surface area contributed by atoms with E-state index in [9.17, 15) is 14.3 Å². The van der Waals surface area contributed by atoms with Crippen molar-refractivity contribution >= 4 is 5.78 Å². The first-order valence-corrected chi connectivity index (χ1v) is 7.53. The number of phenolic OH excluding ortho intramolecular Hbond substituents is 1. The predicted molar refractivity (Wildman–Crippen MR) is 80.2 cm³/mol. The lowest BCUT2D eigenvalue weighted by Crippen LogP contribution is -2.38. The van der Waals surface area contributed by atoms with Crippen molar-refractivity contribution < 1.29 is 14.3 Å². The van der Waals surface area contributed by atoms with Crippen LogP contribution in [0, 0.1) is 5.82 Å². The van der Waals surface area contributed by atoms with Crippen molar-refractivity contribution in [3.63, 3.8) is 0 Å². The number of benzene rings is 1. The Morgan fingerprint density at radius 2 is 2.14 bits per heavy atom. The number of nitrogens with zero attached hydrogens (tertiary/aromatic N) is 2. The fourth-order valence-corrected chi connectivity index (χ4v) is 3.01. The van der Waals surface area contributed by atoms with Crippen LogP contribution in [0.5, 0.6) is 5.75 Å². The van der Waals surface area contributed by atoms with Gasteiger partial charge in [-0.3, -0.25) is 14.6 Å². The Morgan fingerprint density at radius 1 is 1.43 bits per heavy atom.